The van der Waals surface area contributed by atoms with E-state index in [2.05, 4.69) is 52.0 Å². The number of hydrogen-bond acceptors (Lipinski definition) is 0. The lowest BCUT2D eigenvalue weighted by Crippen LogP contribution is -2.20. The van der Waals surface area contributed by atoms with Gasteiger partial charge >= 0.3 is 0 Å². The molecule has 0 bridgehead atoms. The Balaban J connectivity index is 2.52. The van der Waals surface area contributed by atoms with Crippen LogP contribution in [0.3, 0.4) is 0 Å². The fourth-order valence-electron chi connectivity index (χ4n) is 2.97. The van der Waals surface area contributed by atoms with E-state index in [0.29, 0.717) is 0 Å². The number of fused-ring (bicyclic) bond motifs is 2. The lowest BCUT2D eigenvalue weighted by Gasteiger charge is -2.07. The first kappa shape index (κ1) is 9.65. The maximum atomic E-state index is 2.32. The first-order chi connectivity index (χ1) is 7.59. The highest BCUT2D eigenvalue weighted by molar-refractivity contribution is 5.86. The molecule has 0 saturated carbocycles. The van der Waals surface area contributed by atoms with Gasteiger partial charge in [-0.05, 0) is 77.6 Å². The molecule has 16 heavy (non-hydrogen) atoms. The largest absolute Gasteiger partial charge is 0.0581 e. The van der Waals surface area contributed by atoms with Gasteiger partial charge in [-0.2, -0.15) is 0 Å². The zero-order chi connectivity index (χ0) is 11.4. The van der Waals surface area contributed by atoms with E-state index < -0.39 is 0 Å². The van der Waals surface area contributed by atoms with Gasteiger partial charge in [0, 0.05) is 0 Å². The van der Waals surface area contributed by atoms with Crippen LogP contribution in [0.4, 0.5) is 0 Å². The molecule has 0 heteroatoms. The minimum atomic E-state index is 1.38. The zero-order valence-electron chi connectivity index (χ0n) is 10.3. The SMILES string of the molecule is CC1=C(C)c2c(C)c3c(cc2=C1)C=CC=3C. The molecule has 0 heterocycles. The fourth-order valence-corrected chi connectivity index (χ4v) is 2.97. The Bertz CT molecular complexity index is 680. The minimum Gasteiger partial charge on any atom is -0.0581 e. The molecule has 0 spiro atoms. The quantitative estimate of drug-likeness (QED) is 0.615. The maximum absolute atomic E-state index is 2.32. The van der Waals surface area contributed by atoms with Crippen LogP contribution in [0, 0.1) is 6.92 Å². The minimum absolute atomic E-state index is 1.38. The van der Waals surface area contributed by atoms with E-state index in [9.17, 15) is 0 Å². The van der Waals surface area contributed by atoms with E-state index in [1.165, 1.54) is 43.8 Å². The van der Waals surface area contributed by atoms with Gasteiger partial charge in [0.05, 0.1) is 0 Å². The highest BCUT2D eigenvalue weighted by atomic mass is 14.2. The highest BCUT2D eigenvalue weighted by Crippen LogP contribution is 2.24. The Hall–Kier alpha value is -1.56. The molecule has 3 rings (SSSR count). The highest BCUT2D eigenvalue weighted by Gasteiger charge is 2.15. The van der Waals surface area contributed by atoms with Gasteiger partial charge in [0.25, 0.3) is 0 Å². The molecule has 0 aromatic heterocycles. The van der Waals surface area contributed by atoms with E-state index in [-0.39, 0.29) is 0 Å². The van der Waals surface area contributed by atoms with Crippen molar-refractivity contribution in [3.05, 3.63) is 44.8 Å². The van der Waals surface area contributed by atoms with Crippen molar-refractivity contribution < 1.29 is 0 Å². The van der Waals surface area contributed by atoms with Gasteiger partial charge in [-0.1, -0.05) is 18.2 Å². The second kappa shape index (κ2) is 2.98. The van der Waals surface area contributed by atoms with Gasteiger partial charge in [0.15, 0.2) is 0 Å². The molecule has 2 aliphatic carbocycles. The molecular formula is C16H16. The Labute approximate surface area is 96.3 Å². The van der Waals surface area contributed by atoms with Crippen LogP contribution in [0.2, 0.25) is 0 Å². The van der Waals surface area contributed by atoms with Gasteiger partial charge in [-0.3, -0.25) is 0 Å². The number of allylic oxidation sites excluding steroid dienone is 3. The molecule has 0 saturated heterocycles. The van der Waals surface area contributed by atoms with Crippen molar-refractivity contribution in [1.29, 1.82) is 0 Å². The normalized spacial score (nSPS) is 16.6. The van der Waals surface area contributed by atoms with Crippen molar-refractivity contribution in [1.82, 2.24) is 0 Å². The summed E-state index contributed by atoms with van der Waals surface area (Å²) in [6.45, 7) is 8.89. The summed E-state index contributed by atoms with van der Waals surface area (Å²) in [5.74, 6) is 0. The molecule has 0 nitrogen and oxygen atoms in total. The van der Waals surface area contributed by atoms with Gasteiger partial charge in [0.2, 0.25) is 0 Å². The van der Waals surface area contributed by atoms with E-state index in [0.717, 1.165) is 0 Å². The van der Waals surface area contributed by atoms with Crippen molar-refractivity contribution in [3.8, 4) is 0 Å². The van der Waals surface area contributed by atoms with Crippen molar-refractivity contribution in [2.24, 2.45) is 0 Å². The molecule has 1 aromatic rings. The van der Waals surface area contributed by atoms with Crippen molar-refractivity contribution >= 4 is 23.3 Å². The van der Waals surface area contributed by atoms with Crippen LogP contribution in [0.1, 0.15) is 37.5 Å². The third-order valence-corrected chi connectivity index (χ3v) is 3.88. The fraction of sp³-hybridized carbons (Fsp3) is 0.250. The summed E-state index contributed by atoms with van der Waals surface area (Å²) in [5.41, 5.74) is 8.53. The first-order valence-electron chi connectivity index (χ1n) is 5.82. The van der Waals surface area contributed by atoms with Crippen LogP contribution < -0.4 is 10.4 Å². The number of rotatable bonds is 0. The summed E-state index contributed by atoms with van der Waals surface area (Å²) in [7, 11) is 0. The summed E-state index contributed by atoms with van der Waals surface area (Å²) < 4.78 is 0. The zero-order valence-corrected chi connectivity index (χ0v) is 10.3. The molecular weight excluding hydrogens is 192 g/mol. The Morgan fingerprint density at radius 1 is 0.875 bits per heavy atom. The topological polar surface area (TPSA) is 0 Å². The average molecular weight is 208 g/mol. The summed E-state index contributed by atoms with van der Waals surface area (Å²) in [6, 6.07) is 2.32. The van der Waals surface area contributed by atoms with E-state index in [1.807, 2.05) is 0 Å². The lowest BCUT2D eigenvalue weighted by atomic mass is 9.96. The van der Waals surface area contributed by atoms with E-state index in [4.69, 9.17) is 0 Å². The summed E-state index contributed by atoms with van der Waals surface area (Å²) in [6.07, 6.45) is 6.76. The molecule has 80 valence electrons. The standard InChI is InChI=1S/C16H16/c1-9-5-6-13-8-14-7-10(2)11(3)16(14)12(4)15(9)13/h5-8H,1-4H3. The Morgan fingerprint density at radius 3 is 2.38 bits per heavy atom. The van der Waals surface area contributed by atoms with Gasteiger partial charge < -0.3 is 0 Å². The van der Waals surface area contributed by atoms with Crippen molar-refractivity contribution in [2.75, 3.05) is 0 Å². The molecule has 0 aliphatic heterocycles. The molecule has 2 aliphatic rings. The van der Waals surface area contributed by atoms with Gasteiger partial charge in [-0.25, -0.2) is 0 Å². The lowest BCUT2D eigenvalue weighted by molar-refractivity contribution is 1.32. The summed E-state index contributed by atoms with van der Waals surface area (Å²) >= 11 is 0. The third-order valence-electron chi connectivity index (χ3n) is 3.88. The van der Waals surface area contributed by atoms with Crippen LogP contribution in [0.15, 0.2) is 17.7 Å². The predicted octanol–water partition coefficient (Wildman–Crippen LogP) is 2.78. The average Bonchev–Trinajstić information content (AvgIpc) is 2.71. The van der Waals surface area contributed by atoms with Crippen molar-refractivity contribution in [3.63, 3.8) is 0 Å². The number of benzene rings is 1. The molecule has 0 radical (unpaired) electrons. The second-order valence-corrected chi connectivity index (χ2v) is 4.90. The van der Waals surface area contributed by atoms with Gasteiger partial charge in [-0.15, -0.1) is 0 Å². The molecule has 0 N–H and O–H groups in total. The maximum Gasteiger partial charge on any atom is -0.0116 e. The molecule has 0 atom stereocenters. The van der Waals surface area contributed by atoms with Crippen LogP contribution in [0.5, 0.6) is 0 Å². The third kappa shape index (κ3) is 1.05. The Morgan fingerprint density at radius 2 is 1.62 bits per heavy atom. The molecule has 1 aromatic carbocycles. The van der Waals surface area contributed by atoms with E-state index >= 15 is 0 Å². The summed E-state index contributed by atoms with van der Waals surface area (Å²) in [5, 5.41) is 2.84. The molecule has 0 amide bonds. The van der Waals surface area contributed by atoms with Crippen molar-refractivity contribution in [2.45, 2.75) is 27.7 Å². The Kier molecular flexibility index (Phi) is 1.79. The summed E-state index contributed by atoms with van der Waals surface area (Å²) in [4.78, 5) is 0. The van der Waals surface area contributed by atoms with Crippen LogP contribution in [0.25, 0.3) is 23.3 Å². The predicted molar refractivity (Wildman–Crippen MR) is 71.3 cm³/mol. The first-order valence-corrected chi connectivity index (χ1v) is 5.82. The molecule has 0 fully saturated rings. The molecule has 0 unspecified atom stereocenters. The van der Waals surface area contributed by atoms with Crippen LogP contribution in [-0.4, -0.2) is 0 Å². The monoisotopic (exact) mass is 208 g/mol. The second-order valence-electron chi connectivity index (χ2n) is 4.90. The van der Waals surface area contributed by atoms with Crippen LogP contribution >= 0.6 is 0 Å². The van der Waals surface area contributed by atoms with E-state index in [1.54, 1.807) is 0 Å². The van der Waals surface area contributed by atoms with Gasteiger partial charge in [0.1, 0.15) is 0 Å². The van der Waals surface area contributed by atoms with Crippen LogP contribution in [-0.2, 0) is 0 Å². The number of hydrogen-bond donors (Lipinski definition) is 0. The smallest absolute Gasteiger partial charge is 0.0116 e.